The van der Waals surface area contributed by atoms with Gasteiger partial charge in [0.05, 0.1) is 45.2 Å². The Labute approximate surface area is 240 Å². The predicted octanol–water partition coefficient (Wildman–Crippen LogP) is 1.25. The lowest BCUT2D eigenvalue weighted by molar-refractivity contribution is -0.139. The number of allylic oxidation sites excluding steroid dienone is 1. The van der Waals surface area contributed by atoms with Crippen LogP contribution in [0.15, 0.2) is 39.9 Å². The Morgan fingerprint density at radius 3 is 2.41 bits per heavy atom. The molecule has 0 unspecified atom stereocenters. The van der Waals surface area contributed by atoms with Crippen molar-refractivity contribution >= 4 is 34.8 Å². The van der Waals surface area contributed by atoms with Crippen LogP contribution in [-0.4, -0.2) is 92.9 Å². The third-order valence-electron chi connectivity index (χ3n) is 6.76. The number of aliphatic imine (C=N–C) groups is 1. The standard InChI is InChI=1S/C26H30N6O8S/c1-7-39-24(34)18-16(11-41-25-29-19-22(30-25)31(2)26(35)32(3)23(19)33)40-21(28)13(10-27)17(18)12-8-14(36-4)20(38-6)15(9-12)37-5/h8-9,17,19,22H,7,11,28H2,1-6H3,(H,29,30)/t17-,19-,22+/m0/s1. The van der Waals surface area contributed by atoms with Crippen molar-refractivity contribution in [3.05, 3.63) is 40.5 Å². The van der Waals surface area contributed by atoms with Gasteiger partial charge in [-0.1, -0.05) is 11.8 Å². The van der Waals surface area contributed by atoms with Crippen LogP contribution in [0.2, 0.25) is 0 Å². The fourth-order valence-electron chi connectivity index (χ4n) is 4.76. The first-order valence-electron chi connectivity index (χ1n) is 12.4. The second-order valence-electron chi connectivity index (χ2n) is 8.99. The molecule has 3 atom stereocenters. The number of fused-ring (bicyclic) bond motifs is 1. The van der Waals surface area contributed by atoms with Gasteiger partial charge in [0.2, 0.25) is 11.6 Å². The van der Waals surface area contributed by atoms with Gasteiger partial charge in [-0.3, -0.25) is 9.69 Å². The Bertz CT molecular complexity index is 1390. The van der Waals surface area contributed by atoms with Crippen molar-refractivity contribution in [2.75, 3.05) is 47.8 Å². The number of esters is 1. The number of nitrogens with two attached hydrogens (primary N) is 1. The van der Waals surface area contributed by atoms with Crippen LogP contribution in [0.3, 0.4) is 0 Å². The lowest BCUT2D eigenvalue weighted by Crippen LogP contribution is -2.63. The quantitative estimate of drug-likeness (QED) is 0.417. The van der Waals surface area contributed by atoms with E-state index in [1.807, 2.05) is 0 Å². The van der Waals surface area contributed by atoms with Crippen LogP contribution in [0.5, 0.6) is 17.2 Å². The van der Waals surface area contributed by atoms with E-state index in [9.17, 15) is 19.6 Å². The molecule has 218 valence electrons. The van der Waals surface area contributed by atoms with E-state index in [-0.39, 0.29) is 35.1 Å². The van der Waals surface area contributed by atoms with Gasteiger partial charge in [-0.05, 0) is 24.6 Å². The summed E-state index contributed by atoms with van der Waals surface area (Å²) < 4.78 is 27.6. The highest BCUT2D eigenvalue weighted by Crippen LogP contribution is 2.46. The minimum Gasteiger partial charge on any atom is -0.493 e. The molecule has 1 saturated heterocycles. The molecule has 3 N–H and O–H groups in total. The molecule has 41 heavy (non-hydrogen) atoms. The maximum absolute atomic E-state index is 13.4. The summed E-state index contributed by atoms with van der Waals surface area (Å²) in [6.07, 6.45) is -0.721. The summed E-state index contributed by atoms with van der Waals surface area (Å²) in [7, 11) is 7.32. The monoisotopic (exact) mass is 586 g/mol. The van der Waals surface area contributed by atoms with Gasteiger partial charge in [0.25, 0.3) is 5.91 Å². The number of urea groups is 1. The molecule has 0 radical (unpaired) electrons. The average molecular weight is 587 g/mol. The van der Waals surface area contributed by atoms with Crippen LogP contribution in [0, 0.1) is 11.3 Å². The molecule has 3 aliphatic rings. The lowest BCUT2D eigenvalue weighted by Gasteiger charge is -2.36. The third kappa shape index (κ3) is 5.18. The van der Waals surface area contributed by atoms with Gasteiger partial charge in [-0.15, -0.1) is 0 Å². The predicted molar refractivity (Wildman–Crippen MR) is 147 cm³/mol. The number of nitriles is 1. The van der Waals surface area contributed by atoms with E-state index in [4.69, 9.17) is 29.4 Å². The normalized spacial score (nSPS) is 22.0. The number of hydrogen-bond donors (Lipinski definition) is 2. The zero-order chi connectivity index (χ0) is 30.0. The molecule has 3 heterocycles. The van der Waals surface area contributed by atoms with Crippen LogP contribution in [0.25, 0.3) is 0 Å². The first kappa shape index (κ1) is 29.4. The molecule has 3 amide bonds. The first-order valence-corrected chi connectivity index (χ1v) is 13.4. The fourth-order valence-corrected chi connectivity index (χ4v) is 5.64. The number of carbonyl (C=O) groups excluding carboxylic acids is 3. The molecule has 4 rings (SSSR count). The number of likely N-dealkylation sites (N-methyl/N-ethyl adjacent to an activating group) is 2. The second kappa shape index (κ2) is 11.9. The van der Waals surface area contributed by atoms with Crippen LogP contribution in [0.1, 0.15) is 18.4 Å². The van der Waals surface area contributed by atoms with Crippen molar-refractivity contribution < 1.29 is 38.1 Å². The Morgan fingerprint density at radius 2 is 1.85 bits per heavy atom. The van der Waals surface area contributed by atoms with Gasteiger partial charge in [0.1, 0.15) is 23.4 Å². The molecule has 0 bridgehead atoms. The van der Waals surface area contributed by atoms with Crippen LogP contribution in [0.4, 0.5) is 4.79 Å². The van der Waals surface area contributed by atoms with E-state index in [0.29, 0.717) is 28.0 Å². The zero-order valence-electron chi connectivity index (χ0n) is 23.3. The zero-order valence-corrected chi connectivity index (χ0v) is 24.2. The molecule has 0 aliphatic carbocycles. The Morgan fingerprint density at radius 1 is 1.20 bits per heavy atom. The van der Waals surface area contributed by atoms with Gasteiger partial charge in [0.15, 0.2) is 22.8 Å². The Balaban J connectivity index is 1.75. The van der Waals surface area contributed by atoms with E-state index in [2.05, 4.69) is 16.4 Å². The molecule has 15 heteroatoms. The minimum absolute atomic E-state index is 0.00722. The number of benzene rings is 1. The summed E-state index contributed by atoms with van der Waals surface area (Å²) in [5.41, 5.74) is 6.69. The highest BCUT2D eigenvalue weighted by molar-refractivity contribution is 8.14. The maximum Gasteiger partial charge on any atom is 0.338 e. The Hall–Kier alpha value is -4.58. The molecule has 0 spiro atoms. The van der Waals surface area contributed by atoms with Gasteiger partial charge >= 0.3 is 12.0 Å². The number of amides is 3. The fraction of sp³-hybridized carbons (Fsp3) is 0.423. The van der Waals surface area contributed by atoms with E-state index in [1.54, 1.807) is 26.1 Å². The number of nitrogens with one attached hydrogen (secondary N) is 1. The summed E-state index contributed by atoms with van der Waals surface area (Å²) >= 11 is 1.14. The summed E-state index contributed by atoms with van der Waals surface area (Å²) in [6, 6.07) is 4.07. The van der Waals surface area contributed by atoms with Crippen molar-refractivity contribution in [2.45, 2.75) is 25.0 Å². The molecular formula is C26H30N6O8S. The Kier molecular flexibility index (Phi) is 8.52. The molecule has 1 aromatic carbocycles. The van der Waals surface area contributed by atoms with Crippen molar-refractivity contribution in [3.63, 3.8) is 0 Å². The number of imide groups is 1. The number of rotatable bonds is 8. The molecule has 0 aromatic heterocycles. The smallest absolute Gasteiger partial charge is 0.338 e. The summed E-state index contributed by atoms with van der Waals surface area (Å²) in [5, 5.41) is 13.4. The van der Waals surface area contributed by atoms with Gasteiger partial charge in [-0.25, -0.2) is 14.6 Å². The van der Waals surface area contributed by atoms with Crippen molar-refractivity contribution in [3.8, 4) is 23.3 Å². The SMILES string of the molecule is CCOC(=O)C1=C(CSC2=N[C@H]3[C@H](N2)C(=O)N(C)C(=O)N3C)OC(N)=C(C#N)[C@@H]1c1cc(OC)c(OC)c(OC)c1. The van der Waals surface area contributed by atoms with Gasteiger partial charge < -0.3 is 39.6 Å². The average Bonchev–Trinajstić information content (AvgIpc) is 3.41. The van der Waals surface area contributed by atoms with E-state index < -0.39 is 36.0 Å². The molecule has 1 fully saturated rings. The number of amidine groups is 1. The number of hydrogen-bond acceptors (Lipinski definition) is 13. The van der Waals surface area contributed by atoms with Crippen molar-refractivity contribution in [1.29, 1.82) is 5.26 Å². The number of thioether (sulfide) groups is 1. The molecule has 14 nitrogen and oxygen atoms in total. The largest absolute Gasteiger partial charge is 0.493 e. The minimum atomic E-state index is -0.989. The van der Waals surface area contributed by atoms with E-state index in [1.165, 1.54) is 33.3 Å². The van der Waals surface area contributed by atoms with E-state index in [0.717, 1.165) is 16.7 Å². The van der Waals surface area contributed by atoms with Gasteiger partial charge in [-0.2, -0.15) is 5.26 Å². The van der Waals surface area contributed by atoms with E-state index >= 15 is 0 Å². The van der Waals surface area contributed by atoms with Crippen molar-refractivity contribution in [2.24, 2.45) is 10.7 Å². The molecular weight excluding hydrogens is 556 g/mol. The highest BCUT2D eigenvalue weighted by atomic mass is 32.2. The van der Waals surface area contributed by atoms with Crippen LogP contribution < -0.4 is 25.3 Å². The van der Waals surface area contributed by atoms with Crippen LogP contribution >= 0.6 is 11.8 Å². The summed E-state index contributed by atoms with van der Waals surface area (Å²) in [4.78, 5) is 45.3. The number of nitrogens with zero attached hydrogens (tertiary/aromatic N) is 4. The number of methoxy groups -OCH3 is 3. The highest BCUT2D eigenvalue weighted by Gasteiger charge is 2.47. The summed E-state index contributed by atoms with van der Waals surface area (Å²) in [5.74, 6) is -1.19. The second-order valence-corrected chi connectivity index (χ2v) is 9.95. The van der Waals surface area contributed by atoms with Gasteiger partial charge in [0, 0.05) is 14.1 Å². The molecule has 1 aromatic rings. The summed E-state index contributed by atoms with van der Waals surface area (Å²) in [6.45, 7) is 1.73. The number of carbonyl (C=O) groups is 3. The third-order valence-corrected chi connectivity index (χ3v) is 7.66. The first-order chi connectivity index (χ1) is 19.6. The van der Waals surface area contributed by atoms with Crippen molar-refractivity contribution in [1.82, 2.24) is 15.1 Å². The maximum atomic E-state index is 13.4. The molecule has 3 aliphatic heterocycles. The topological polar surface area (TPSA) is 178 Å². The number of ether oxygens (including phenoxy) is 5. The van der Waals surface area contributed by atoms with Crippen LogP contribution in [-0.2, 0) is 19.1 Å². The lowest BCUT2D eigenvalue weighted by atomic mass is 9.82. The molecule has 0 saturated carbocycles.